The SMILES string of the molecule is Cc1cccc(C(C)C)c1NC(=O)C(C)Sc1nnc(-c2ccccc2Cl)n1C. The van der Waals surface area contributed by atoms with E-state index in [0.29, 0.717) is 21.9 Å². The number of rotatable bonds is 6. The van der Waals surface area contributed by atoms with Crippen molar-refractivity contribution in [2.75, 3.05) is 5.32 Å². The summed E-state index contributed by atoms with van der Waals surface area (Å²) in [7, 11) is 1.88. The second-order valence-corrected chi connectivity index (χ2v) is 9.00. The van der Waals surface area contributed by atoms with Crippen molar-refractivity contribution < 1.29 is 4.79 Å². The number of amides is 1. The molecular weight excluding hydrogens is 404 g/mol. The zero-order valence-electron chi connectivity index (χ0n) is 17.2. The van der Waals surface area contributed by atoms with Gasteiger partial charge in [0.05, 0.1) is 10.3 Å². The molecule has 5 nitrogen and oxygen atoms in total. The van der Waals surface area contributed by atoms with Crippen LogP contribution in [-0.2, 0) is 11.8 Å². The number of aromatic nitrogens is 3. The van der Waals surface area contributed by atoms with E-state index in [9.17, 15) is 4.79 Å². The lowest BCUT2D eigenvalue weighted by molar-refractivity contribution is -0.115. The molecule has 0 aliphatic heterocycles. The Morgan fingerprint density at radius 3 is 2.52 bits per heavy atom. The van der Waals surface area contributed by atoms with Crippen LogP contribution >= 0.6 is 23.4 Å². The first-order chi connectivity index (χ1) is 13.8. The number of nitrogens with one attached hydrogen (secondary N) is 1. The summed E-state index contributed by atoms with van der Waals surface area (Å²) in [6.07, 6.45) is 0. The largest absolute Gasteiger partial charge is 0.325 e. The average molecular weight is 429 g/mol. The number of hydrogen-bond donors (Lipinski definition) is 1. The summed E-state index contributed by atoms with van der Waals surface area (Å²) in [6, 6.07) is 13.6. The van der Waals surface area contributed by atoms with E-state index < -0.39 is 0 Å². The van der Waals surface area contributed by atoms with Gasteiger partial charge in [0.25, 0.3) is 0 Å². The topological polar surface area (TPSA) is 59.8 Å². The van der Waals surface area contributed by atoms with Crippen molar-refractivity contribution in [3.8, 4) is 11.4 Å². The number of para-hydroxylation sites is 1. The quantitative estimate of drug-likeness (QED) is 0.512. The Kier molecular flexibility index (Phi) is 6.65. The minimum absolute atomic E-state index is 0.0616. The maximum absolute atomic E-state index is 12.9. The van der Waals surface area contributed by atoms with Crippen LogP contribution in [0.15, 0.2) is 47.6 Å². The number of aryl methyl sites for hydroxylation is 1. The molecule has 7 heteroatoms. The highest BCUT2D eigenvalue weighted by Crippen LogP contribution is 2.31. The Hall–Kier alpha value is -2.31. The number of anilines is 1. The minimum atomic E-state index is -0.336. The van der Waals surface area contributed by atoms with Crippen molar-refractivity contribution in [3.05, 3.63) is 58.6 Å². The molecule has 0 aliphatic carbocycles. The van der Waals surface area contributed by atoms with Crippen molar-refractivity contribution in [1.82, 2.24) is 14.8 Å². The highest BCUT2D eigenvalue weighted by atomic mass is 35.5. The van der Waals surface area contributed by atoms with Crippen LogP contribution < -0.4 is 5.32 Å². The molecule has 1 atom stereocenters. The fourth-order valence-corrected chi connectivity index (χ4v) is 4.11. The molecule has 152 valence electrons. The molecular formula is C22H25ClN4OS. The molecule has 0 aliphatic rings. The Bertz CT molecular complexity index is 1030. The van der Waals surface area contributed by atoms with Gasteiger partial charge in [-0.25, -0.2) is 0 Å². The van der Waals surface area contributed by atoms with Gasteiger partial charge in [0, 0.05) is 18.3 Å². The van der Waals surface area contributed by atoms with Gasteiger partial charge in [0.15, 0.2) is 11.0 Å². The zero-order chi connectivity index (χ0) is 21.1. The molecule has 1 unspecified atom stereocenters. The summed E-state index contributed by atoms with van der Waals surface area (Å²) < 4.78 is 1.86. The third-order valence-corrected chi connectivity index (χ3v) is 6.24. The van der Waals surface area contributed by atoms with Gasteiger partial charge in [-0.1, -0.05) is 67.5 Å². The molecule has 0 radical (unpaired) electrons. The van der Waals surface area contributed by atoms with Crippen molar-refractivity contribution in [2.24, 2.45) is 7.05 Å². The van der Waals surface area contributed by atoms with E-state index in [1.165, 1.54) is 11.8 Å². The maximum Gasteiger partial charge on any atom is 0.237 e. The van der Waals surface area contributed by atoms with Crippen molar-refractivity contribution in [2.45, 2.75) is 44.0 Å². The summed E-state index contributed by atoms with van der Waals surface area (Å²) in [4.78, 5) is 12.9. The number of carbonyl (C=O) groups is 1. The van der Waals surface area contributed by atoms with Crippen LogP contribution in [0.25, 0.3) is 11.4 Å². The molecule has 1 amide bonds. The first-order valence-electron chi connectivity index (χ1n) is 9.51. The number of thioether (sulfide) groups is 1. The van der Waals surface area contributed by atoms with Crippen LogP contribution in [0.4, 0.5) is 5.69 Å². The Balaban J connectivity index is 1.77. The first-order valence-corrected chi connectivity index (χ1v) is 10.8. The van der Waals surface area contributed by atoms with Crippen LogP contribution in [0.2, 0.25) is 5.02 Å². The minimum Gasteiger partial charge on any atom is -0.325 e. The maximum atomic E-state index is 12.9. The molecule has 2 aromatic carbocycles. The Morgan fingerprint density at radius 2 is 1.83 bits per heavy atom. The summed E-state index contributed by atoms with van der Waals surface area (Å²) in [5, 5.41) is 12.6. The van der Waals surface area contributed by atoms with E-state index in [-0.39, 0.29) is 11.2 Å². The smallest absolute Gasteiger partial charge is 0.237 e. The van der Waals surface area contributed by atoms with E-state index in [2.05, 4.69) is 35.4 Å². The highest BCUT2D eigenvalue weighted by molar-refractivity contribution is 8.00. The average Bonchev–Trinajstić information content (AvgIpc) is 3.03. The van der Waals surface area contributed by atoms with Crippen molar-refractivity contribution >= 4 is 35.0 Å². The molecule has 1 N–H and O–H groups in total. The Labute approximate surface area is 180 Å². The predicted molar refractivity (Wildman–Crippen MR) is 121 cm³/mol. The molecule has 0 saturated heterocycles. The first kappa shape index (κ1) is 21.4. The molecule has 0 fully saturated rings. The Morgan fingerprint density at radius 1 is 1.10 bits per heavy atom. The van der Waals surface area contributed by atoms with E-state index in [0.717, 1.165) is 22.4 Å². The van der Waals surface area contributed by atoms with Gasteiger partial charge < -0.3 is 9.88 Å². The van der Waals surface area contributed by atoms with Gasteiger partial charge in [0.2, 0.25) is 5.91 Å². The number of hydrogen-bond acceptors (Lipinski definition) is 4. The van der Waals surface area contributed by atoms with Crippen LogP contribution in [-0.4, -0.2) is 25.9 Å². The number of nitrogens with zero attached hydrogens (tertiary/aromatic N) is 3. The van der Waals surface area contributed by atoms with E-state index in [4.69, 9.17) is 11.6 Å². The van der Waals surface area contributed by atoms with E-state index >= 15 is 0 Å². The lowest BCUT2D eigenvalue weighted by atomic mass is 9.98. The molecule has 1 aromatic heterocycles. The van der Waals surface area contributed by atoms with Crippen LogP contribution in [0.5, 0.6) is 0 Å². The number of carbonyl (C=O) groups excluding carboxylic acids is 1. The molecule has 0 saturated carbocycles. The van der Waals surface area contributed by atoms with Crippen LogP contribution in [0, 0.1) is 6.92 Å². The fraction of sp³-hybridized carbons (Fsp3) is 0.318. The summed E-state index contributed by atoms with van der Waals surface area (Å²) in [6.45, 7) is 8.13. The second-order valence-electron chi connectivity index (χ2n) is 7.29. The van der Waals surface area contributed by atoms with Gasteiger partial charge in [0.1, 0.15) is 0 Å². The highest BCUT2D eigenvalue weighted by Gasteiger charge is 2.21. The second kappa shape index (κ2) is 9.01. The number of halogens is 1. The van der Waals surface area contributed by atoms with E-state index in [1.807, 2.05) is 61.9 Å². The predicted octanol–water partition coefficient (Wildman–Crippen LogP) is 5.69. The number of benzene rings is 2. The standard InChI is InChI=1S/C22H25ClN4OS/c1-13(2)16-11-8-9-14(3)19(16)24-21(28)15(4)29-22-26-25-20(27(22)5)17-10-6-7-12-18(17)23/h6-13,15H,1-5H3,(H,24,28). The third-order valence-electron chi connectivity index (χ3n) is 4.78. The lowest BCUT2D eigenvalue weighted by Gasteiger charge is -2.18. The van der Waals surface area contributed by atoms with Gasteiger partial charge in [-0.15, -0.1) is 10.2 Å². The third kappa shape index (κ3) is 4.65. The van der Waals surface area contributed by atoms with Gasteiger partial charge in [-0.3, -0.25) is 4.79 Å². The molecule has 3 aromatic rings. The molecule has 1 heterocycles. The van der Waals surface area contributed by atoms with Gasteiger partial charge >= 0.3 is 0 Å². The van der Waals surface area contributed by atoms with Crippen molar-refractivity contribution in [1.29, 1.82) is 0 Å². The normalized spacial score (nSPS) is 12.2. The van der Waals surface area contributed by atoms with Crippen molar-refractivity contribution in [3.63, 3.8) is 0 Å². The lowest BCUT2D eigenvalue weighted by Crippen LogP contribution is -2.24. The molecule has 29 heavy (non-hydrogen) atoms. The van der Waals surface area contributed by atoms with Gasteiger partial charge in [-0.05, 0) is 43.0 Å². The van der Waals surface area contributed by atoms with Crippen LogP contribution in [0.3, 0.4) is 0 Å². The molecule has 0 spiro atoms. The molecule has 3 rings (SSSR count). The van der Waals surface area contributed by atoms with E-state index in [1.54, 1.807) is 0 Å². The zero-order valence-corrected chi connectivity index (χ0v) is 18.8. The van der Waals surface area contributed by atoms with Crippen LogP contribution in [0.1, 0.15) is 37.8 Å². The van der Waals surface area contributed by atoms with Gasteiger partial charge in [-0.2, -0.15) is 0 Å². The summed E-state index contributed by atoms with van der Waals surface area (Å²) in [5.41, 5.74) is 3.90. The molecule has 0 bridgehead atoms. The summed E-state index contributed by atoms with van der Waals surface area (Å²) in [5.74, 6) is 0.935. The fourth-order valence-electron chi connectivity index (χ4n) is 3.07. The monoisotopic (exact) mass is 428 g/mol. The summed E-state index contributed by atoms with van der Waals surface area (Å²) >= 11 is 7.66.